The summed E-state index contributed by atoms with van der Waals surface area (Å²) in [7, 11) is 0. The molecule has 1 saturated carbocycles. The molecule has 0 saturated heterocycles. The Labute approximate surface area is 191 Å². The molecule has 1 heterocycles. The van der Waals surface area contributed by atoms with Crippen LogP contribution in [0.5, 0.6) is 5.88 Å². The number of esters is 1. The van der Waals surface area contributed by atoms with Crippen LogP contribution in [0.2, 0.25) is 0 Å². The Balaban J connectivity index is 1.47. The molecule has 2 aromatic rings. The van der Waals surface area contributed by atoms with E-state index in [1.807, 2.05) is 24.3 Å². The summed E-state index contributed by atoms with van der Waals surface area (Å²) in [5.74, 6) is 1.67. The normalized spacial score (nSPS) is 32.0. The predicted molar refractivity (Wildman–Crippen MR) is 127 cm³/mol. The fraction of sp³-hybridized carbons (Fsp3) is 0.536. The summed E-state index contributed by atoms with van der Waals surface area (Å²) in [4.78, 5) is 22.3. The molecular formula is C28H34N2O2. The average molecular weight is 431 g/mol. The van der Waals surface area contributed by atoms with Gasteiger partial charge < -0.3 is 4.74 Å². The van der Waals surface area contributed by atoms with Crippen molar-refractivity contribution < 1.29 is 9.53 Å². The van der Waals surface area contributed by atoms with Crippen LogP contribution in [0.25, 0.3) is 10.9 Å². The van der Waals surface area contributed by atoms with Crippen molar-refractivity contribution in [2.24, 2.45) is 28.6 Å². The van der Waals surface area contributed by atoms with Crippen molar-refractivity contribution in [1.82, 2.24) is 9.97 Å². The predicted octanol–water partition coefficient (Wildman–Crippen LogP) is 6.67. The molecule has 0 aliphatic heterocycles. The third kappa shape index (κ3) is 3.30. The van der Waals surface area contributed by atoms with Crippen molar-refractivity contribution >= 4 is 16.9 Å². The van der Waals surface area contributed by atoms with Gasteiger partial charge in [0.05, 0.1) is 16.3 Å². The van der Waals surface area contributed by atoms with E-state index in [1.165, 1.54) is 31.2 Å². The quantitative estimate of drug-likeness (QED) is 0.510. The second-order valence-corrected chi connectivity index (χ2v) is 10.8. The fourth-order valence-electron chi connectivity index (χ4n) is 6.85. The SMILES string of the molecule is CC(C)C1=CC2=CCC3C(C)(C(=O)Oc4ncnc5ccccc45)CCCC3(C)C2CC1. The number of carbonyl (C=O) groups excluding carboxylic acids is 1. The van der Waals surface area contributed by atoms with E-state index in [4.69, 9.17) is 4.74 Å². The largest absolute Gasteiger partial charge is 0.406 e. The van der Waals surface area contributed by atoms with E-state index in [1.54, 1.807) is 5.57 Å². The van der Waals surface area contributed by atoms with Crippen molar-refractivity contribution in [2.75, 3.05) is 0 Å². The van der Waals surface area contributed by atoms with E-state index in [0.29, 0.717) is 17.7 Å². The summed E-state index contributed by atoms with van der Waals surface area (Å²) in [6.07, 6.45) is 12.8. The van der Waals surface area contributed by atoms with Crippen molar-refractivity contribution in [3.63, 3.8) is 0 Å². The molecule has 4 atom stereocenters. The summed E-state index contributed by atoms with van der Waals surface area (Å²) in [6, 6.07) is 7.70. The number of nitrogens with zero attached hydrogens (tertiary/aromatic N) is 2. The zero-order valence-corrected chi connectivity index (χ0v) is 19.7. The Hall–Kier alpha value is -2.49. The standard InChI is InChI=1S/C28H34N2O2/c1-18(2)19-10-12-22-20(16-19)11-13-24-27(22,3)14-7-15-28(24,4)26(31)32-25-21-8-5-6-9-23(21)29-17-30-25/h5-6,8-9,11,16-18,22,24H,7,10,12-15H2,1-4H3. The second-order valence-electron chi connectivity index (χ2n) is 10.8. The lowest BCUT2D eigenvalue weighted by Gasteiger charge is -2.57. The number of ether oxygens (including phenoxy) is 1. The molecule has 4 nitrogen and oxygen atoms in total. The Morgan fingerprint density at radius 3 is 2.78 bits per heavy atom. The molecule has 1 fully saturated rings. The average Bonchev–Trinajstić information content (AvgIpc) is 2.79. The smallest absolute Gasteiger partial charge is 0.318 e. The molecule has 0 amide bonds. The Morgan fingerprint density at radius 2 is 1.97 bits per heavy atom. The Bertz CT molecular complexity index is 1110. The molecule has 0 radical (unpaired) electrons. The van der Waals surface area contributed by atoms with Gasteiger partial charge in [-0.15, -0.1) is 0 Å². The van der Waals surface area contributed by atoms with Crippen LogP contribution in [0, 0.1) is 28.6 Å². The number of hydrogen-bond donors (Lipinski definition) is 0. The number of carbonyl (C=O) groups is 1. The van der Waals surface area contributed by atoms with Crippen LogP contribution in [0.4, 0.5) is 0 Å². The molecule has 5 rings (SSSR count). The van der Waals surface area contributed by atoms with Crippen LogP contribution in [-0.2, 0) is 4.79 Å². The molecule has 0 bridgehead atoms. The van der Waals surface area contributed by atoms with Crippen LogP contribution in [-0.4, -0.2) is 15.9 Å². The molecular weight excluding hydrogens is 396 g/mol. The van der Waals surface area contributed by atoms with Crippen LogP contribution < -0.4 is 4.74 Å². The zero-order valence-electron chi connectivity index (χ0n) is 19.7. The number of para-hydroxylation sites is 1. The number of allylic oxidation sites excluding steroid dienone is 4. The van der Waals surface area contributed by atoms with Crippen LogP contribution in [0.1, 0.15) is 66.2 Å². The molecule has 3 aliphatic carbocycles. The minimum Gasteiger partial charge on any atom is -0.406 e. The van der Waals surface area contributed by atoms with Crippen LogP contribution in [0.3, 0.4) is 0 Å². The number of hydrogen-bond acceptors (Lipinski definition) is 4. The van der Waals surface area contributed by atoms with Gasteiger partial charge in [-0.3, -0.25) is 4.79 Å². The Kier molecular flexibility index (Phi) is 5.22. The van der Waals surface area contributed by atoms with Gasteiger partial charge in [0.1, 0.15) is 6.33 Å². The van der Waals surface area contributed by atoms with Gasteiger partial charge in [-0.2, -0.15) is 0 Å². The third-order valence-electron chi connectivity index (χ3n) is 8.74. The van der Waals surface area contributed by atoms with E-state index in [-0.39, 0.29) is 17.3 Å². The zero-order chi connectivity index (χ0) is 22.5. The summed E-state index contributed by atoms with van der Waals surface area (Å²) >= 11 is 0. The number of fused-ring (bicyclic) bond motifs is 4. The molecule has 4 heteroatoms. The van der Waals surface area contributed by atoms with Crippen LogP contribution in [0.15, 0.2) is 53.9 Å². The molecule has 0 spiro atoms. The highest BCUT2D eigenvalue weighted by atomic mass is 16.5. The highest BCUT2D eigenvalue weighted by Gasteiger charge is 2.57. The first-order chi connectivity index (χ1) is 15.3. The summed E-state index contributed by atoms with van der Waals surface area (Å²) in [5, 5.41) is 0.787. The molecule has 4 unspecified atom stereocenters. The lowest BCUT2D eigenvalue weighted by atomic mass is 9.47. The molecule has 0 N–H and O–H groups in total. The summed E-state index contributed by atoms with van der Waals surface area (Å²) in [5.41, 5.74) is 3.50. The molecule has 168 valence electrons. The first-order valence-corrected chi connectivity index (χ1v) is 12.2. The fourth-order valence-corrected chi connectivity index (χ4v) is 6.85. The third-order valence-corrected chi connectivity index (χ3v) is 8.74. The van der Waals surface area contributed by atoms with E-state index < -0.39 is 5.41 Å². The lowest BCUT2D eigenvalue weighted by molar-refractivity contribution is -0.159. The molecule has 1 aromatic carbocycles. The number of benzene rings is 1. The van der Waals surface area contributed by atoms with Gasteiger partial charge in [-0.1, -0.05) is 57.0 Å². The van der Waals surface area contributed by atoms with Gasteiger partial charge in [-0.25, -0.2) is 9.97 Å². The highest BCUT2D eigenvalue weighted by Crippen LogP contribution is 2.62. The van der Waals surface area contributed by atoms with Gasteiger partial charge >= 0.3 is 5.97 Å². The summed E-state index contributed by atoms with van der Waals surface area (Å²) in [6.45, 7) is 9.17. The minimum absolute atomic E-state index is 0.128. The first kappa shape index (κ1) is 21.4. The van der Waals surface area contributed by atoms with Crippen molar-refractivity contribution in [3.8, 4) is 5.88 Å². The van der Waals surface area contributed by atoms with Crippen molar-refractivity contribution in [3.05, 3.63) is 53.9 Å². The van der Waals surface area contributed by atoms with E-state index in [2.05, 4.69) is 49.8 Å². The Morgan fingerprint density at radius 1 is 1.16 bits per heavy atom. The monoisotopic (exact) mass is 430 g/mol. The maximum atomic E-state index is 13.7. The van der Waals surface area contributed by atoms with E-state index >= 15 is 0 Å². The van der Waals surface area contributed by atoms with Crippen molar-refractivity contribution in [1.29, 1.82) is 0 Å². The van der Waals surface area contributed by atoms with Gasteiger partial charge in [0, 0.05) is 0 Å². The number of aromatic nitrogens is 2. The van der Waals surface area contributed by atoms with E-state index in [9.17, 15) is 4.79 Å². The van der Waals surface area contributed by atoms with E-state index in [0.717, 1.165) is 30.2 Å². The van der Waals surface area contributed by atoms with Gasteiger partial charge in [0.25, 0.3) is 0 Å². The highest BCUT2D eigenvalue weighted by molar-refractivity contribution is 5.87. The second kappa shape index (κ2) is 7.83. The molecule has 1 aromatic heterocycles. The van der Waals surface area contributed by atoms with Gasteiger partial charge in [0.2, 0.25) is 5.88 Å². The molecule has 3 aliphatic rings. The van der Waals surface area contributed by atoms with Gasteiger partial charge in [0.15, 0.2) is 0 Å². The maximum absolute atomic E-state index is 13.7. The van der Waals surface area contributed by atoms with Crippen LogP contribution >= 0.6 is 0 Å². The maximum Gasteiger partial charge on any atom is 0.318 e. The lowest BCUT2D eigenvalue weighted by Crippen LogP contribution is -2.54. The summed E-state index contributed by atoms with van der Waals surface area (Å²) < 4.78 is 6.03. The van der Waals surface area contributed by atoms with Gasteiger partial charge in [-0.05, 0) is 79.9 Å². The molecule has 32 heavy (non-hydrogen) atoms. The minimum atomic E-state index is -0.511. The topological polar surface area (TPSA) is 52.1 Å². The number of rotatable bonds is 3. The first-order valence-electron chi connectivity index (χ1n) is 12.2. The van der Waals surface area contributed by atoms with Crippen molar-refractivity contribution in [2.45, 2.75) is 66.2 Å².